The number of carbonyl (C=O) groups excluding carboxylic acids is 1. The van der Waals surface area contributed by atoms with Crippen molar-refractivity contribution in [2.45, 2.75) is 33.1 Å². The van der Waals surface area contributed by atoms with Gasteiger partial charge in [0.05, 0.1) is 12.3 Å². The number of hydrogen-bond donors (Lipinski definition) is 1. The van der Waals surface area contributed by atoms with Gasteiger partial charge in [0.25, 0.3) is 0 Å². The van der Waals surface area contributed by atoms with E-state index in [1.807, 2.05) is 0 Å². The second-order valence-electron chi connectivity index (χ2n) is 3.47. The summed E-state index contributed by atoms with van der Waals surface area (Å²) in [6.45, 7) is 4.27. The zero-order valence-corrected chi connectivity index (χ0v) is 9.25. The number of ether oxygens (including phenoxy) is 1. The Morgan fingerprint density at radius 1 is 1.53 bits per heavy atom. The molecular weight excluding hydrogens is 194 g/mol. The van der Waals surface area contributed by atoms with E-state index >= 15 is 0 Å². The van der Waals surface area contributed by atoms with Gasteiger partial charge in [-0.05, 0) is 33.1 Å². The van der Waals surface area contributed by atoms with Gasteiger partial charge >= 0.3 is 5.97 Å². The largest absolute Gasteiger partial charge is 0.512 e. The van der Waals surface area contributed by atoms with Gasteiger partial charge in [-0.3, -0.25) is 4.99 Å². The molecule has 0 aliphatic carbocycles. The molecule has 1 aliphatic heterocycles. The zero-order valence-electron chi connectivity index (χ0n) is 9.25. The average Bonchev–Trinajstić information content (AvgIpc) is 2.19. The number of allylic oxidation sites excluding steroid dienone is 1. The Kier molecular flexibility index (Phi) is 4.34. The molecule has 0 aromatic carbocycles. The van der Waals surface area contributed by atoms with Crippen molar-refractivity contribution in [3.63, 3.8) is 0 Å². The lowest BCUT2D eigenvalue weighted by Gasteiger charge is -2.14. The highest BCUT2D eigenvalue weighted by molar-refractivity contribution is 6.20. The van der Waals surface area contributed by atoms with E-state index in [9.17, 15) is 9.90 Å². The van der Waals surface area contributed by atoms with Gasteiger partial charge in [0.15, 0.2) is 0 Å². The van der Waals surface area contributed by atoms with Crippen LogP contribution in [0.4, 0.5) is 0 Å². The fraction of sp³-hybridized carbons (Fsp3) is 0.636. The maximum absolute atomic E-state index is 11.6. The van der Waals surface area contributed by atoms with Crippen LogP contribution in [0.2, 0.25) is 0 Å². The number of aliphatic imine (C=N–C) groups is 1. The summed E-state index contributed by atoms with van der Waals surface area (Å²) in [5.41, 5.74) is 0.927. The molecule has 1 rings (SSSR count). The lowest BCUT2D eigenvalue weighted by Crippen LogP contribution is -2.20. The molecule has 84 valence electrons. The van der Waals surface area contributed by atoms with Crippen LogP contribution < -0.4 is 0 Å². The third kappa shape index (κ3) is 3.08. The Morgan fingerprint density at radius 3 is 2.73 bits per heavy atom. The number of rotatable bonds is 3. The molecule has 0 fully saturated rings. The molecule has 0 bridgehead atoms. The Hall–Kier alpha value is -1.32. The van der Waals surface area contributed by atoms with Gasteiger partial charge in [0, 0.05) is 6.54 Å². The second kappa shape index (κ2) is 5.53. The molecule has 0 atom stereocenters. The maximum atomic E-state index is 11.6. The Bertz CT molecular complexity index is 301. The Morgan fingerprint density at radius 2 is 2.27 bits per heavy atom. The fourth-order valence-corrected chi connectivity index (χ4v) is 1.58. The van der Waals surface area contributed by atoms with Crippen LogP contribution in [0.15, 0.2) is 16.3 Å². The number of carbonyl (C=O) groups is 1. The molecule has 0 aromatic rings. The van der Waals surface area contributed by atoms with E-state index in [4.69, 9.17) is 4.74 Å². The lowest BCUT2D eigenvalue weighted by molar-refractivity contribution is -0.138. The van der Waals surface area contributed by atoms with Gasteiger partial charge in [0.2, 0.25) is 0 Å². The summed E-state index contributed by atoms with van der Waals surface area (Å²) in [6.07, 6.45) is 2.80. The SMILES string of the molecule is CCOC(=O)C(C1=NCCCC1)=C(C)O. The molecule has 4 nitrogen and oxygen atoms in total. The van der Waals surface area contributed by atoms with Crippen molar-refractivity contribution < 1.29 is 14.6 Å². The zero-order chi connectivity index (χ0) is 11.3. The highest BCUT2D eigenvalue weighted by atomic mass is 16.5. The maximum Gasteiger partial charge on any atom is 0.343 e. The van der Waals surface area contributed by atoms with Crippen LogP contribution in [-0.4, -0.2) is 29.9 Å². The molecule has 15 heavy (non-hydrogen) atoms. The van der Waals surface area contributed by atoms with E-state index in [0.29, 0.717) is 12.3 Å². The van der Waals surface area contributed by atoms with Crippen LogP contribution in [-0.2, 0) is 9.53 Å². The molecule has 4 heteroatoms. The number of hydrogen-bond acceptors (Lipinski definition) is 4. The van der Waals surface area contributed by atoms with Gasteiger partial charge in [-0.25, -0.2) is 4.79 Å². The van der Waals surface area contributed by atoms with E-state index < -0.39 is 5.97 Å². The third-order valence-corrected chi connectivity index (χ3v) is 2.25. The molecular formula is C11H17NO3. The number of nitrogens with zero attached hydrogens (tertiary/aromatic N) is 1. The van der Waals surface area contributed by atoms with Gasteiger partial charge in [0.1, 0.15) is 11.3 Å². The smallest absolute Gasteiger partial charge is 0.343 e. The first-order valence-electron chi connectivity index (χ1n) is 5.27. The first-order valence-corrected chi connectivity index (χ1v) is 5.27. The molecule has 0 spiro atoms. The summed E-state index contributed by atoms with van der Waals surface area (Å²) in [7, 11) is 0. The van der Waals surface area contributed by atoms with Crippen LogP contribution >= 0.6 is 0 Å². The predicted molar refractivity (Wildman–Crippen MR) is 58.1 cm³/mol. The van der Waals surface area contributed by atoms with Crippen LogP contribution in [0.5, 0.6) is 0 Å². The number of aliphatic hydroxyl groups excluding tert-OH is 1. The molecule has 0 amide bonds. The lowest BCUT2D eigenvalue weighted by atomic mass is 10.0. The van der Waals surface area contributed by atoms with Crippen molar-refractivity contribution in [3.8, 4) is 0 Å². The van der Waals surface area contributed by atoms with Crippen molar-refractivity contribution in [3.05, 3.63) is 11.3 Å². The predicted octanol–water partition coefficient (Wildman–Crippen LogP) is 2.01. The van der Waals surface area contributed by atoms with Crippen molar-refractivity contribution in [2.75, 3.05) is 13.2 Å². The summed E-state index contributed by atoms with van der Waals surface area (Å²) in [5, 5.41) is 9.46. The van der Waals surface area contributed by atoms with Crippen LogP contribution in [0.25, 0.3) is 0 Å². The van der Waals surface area contributed by atoms with Crippen molar-refractivity contribution in [1.29, 1.82) is 0 Å². The minimum Gasteiger partial charge on any atom is -0.512 e. The molecule has 0 saturated carbocycles. The number of aliphatic hydroxyl groups is 1. The highest BCUT2D eigenvalue weighted by Gasteiger charge is 2.21. The topological polar surface area (TPSA) is 58.9 Å². The quantitative estimate of drug-likeness (QED) is 0.441. The molecule has 1 N–H and O–H groups in total. The normalized spacial score (nSPS) is 17.9. The van der Waals surface area contributed by atoms with Gasteiger partial charge < -0.3 is 9.84 Å². The first-order chi connectivity index (χ1) is 7.16. The molecule has 1 heterocycles. The Labute approximate surface area is 89.7 Å². The van der Waals surface area contributed by atoms with Gasteiger partial charge in [-0.2, -0.15) is 0 Å². The molecule has 0 radical (unpaired) electrons. The van der Waals surface area contributed by atoms with Gasteiger partial charge in [-0.1, -0.05) is 0 Å². The third-order valence-electron chi connectivity index (χ3n) is 2.25. The minimum absolute atomic E-state index is 0.00546. The standard InChI is InChI=1S/C11H17NO3/c1-3-15-11(14)10(8(2)13)9-6-4-5-7-12-9/h13H,3-7H2,1-2H3. The van der Waals surface area contributed by atoms with E-state index in [0.717, 1.165) is 25.8 Å². The van der Waals surface area contributed by atoms with Crippen molar-refractivity contribution in [2.24, 2.45) is 4.99 Å². The summed E-state index contributed by atoms with van der Waals surface area (Å²) < 4.78 is 4.88. The van der Waals surface area contributed by atoms with E-state index in [1.54, 1.807) is 6.92 Å². The summed E-state index contributed by atoms with van der Waals surface area (Å²) in [4.78, 5) is 15.8. The highest BCUT2D eigenvalue weighted by Crippen LogP contribution is 2.16. The summed E-state index contributed by atoms with van der Waals surface area (Å²) in [6, 6.07) is 0. The van der Waals surface area contributed by atoms with Gasteiger partial charge in [-0.15, -0.1) is 0 Å². The first kappa shape index (κ1) is 11.8. The summed E-state index contributed by atoms with van der Waals surface area (Å²) in [5.74, 6) is -0.479. The molecule has 0 unspecified atom stereocenters. The fourth-order valence-electron chi connectivity index (χ4n) is 1.58. The van der Waals surface area contributed by atoms with E-state index in [-0.39, 0.29) is 11.3 Å². The van der Waals surface area contributed by atoms with Crippen molar-refractivity contribution >= 4 is 11.7 Å². The molecule has 1 aliphatic rings. The van der Waals surface area contributed by atoms with E-state index in [1.165, 1.54) is 6.92 Å². The molecule has 0 saturated heterocycles. The average molecular weight is 211 g/mol. The molecule has 0 aromatic heterocycles. The number of esters is 1. The van der Waals surface area contributed by atoms with Crippen LogP contribution in [0, 0.1) is 0 Å². The van der Waals surface area contributed by atoms with Crippen molar-refractivity contribution in [1.82, 2.24) is 0 Å². The Balaban J connectivity index is 2.88. The van der Waals surface area contributed by atoms with E-state index in [2.05, 4.69) is 4.99 Å². The van der Waals surface area contributed by atoms with Crippen LogP contribution in [0.1, 0.15) is 33.1 Å². The van der Waals surface area contributed by atoms with Crippen LogP contribution in [0.3, 0.4) is 0 Å². The monoisotopic (exact) mass is 211 g/mol. The summed E-state index contributed by atoms with van der Waals surface area (Å²) >= 11 is 0. The second-order valence-corrected chi connectivity index (χ2v) is 3.47. The minimum atomic E-state index is -0.474.